The number of hydrogen-bond acceptors (Lipinski definition) is 5. The molecular formula is C25H24N4O3. The number of carbonyl (C=O) groups is 1. The summed E-state index contributed by atoms with van der Waals surface area (Å²) in [6, 6.07) is 18.6. The van der Waals surface area contributed by atoms with E-state index in [1.54, 1.807) is 31.6 Å². The Bertz CT molecular complexity index is 1220. The number of rotatable bonds is 7. The first-order valence-corrected chi connectivity index (χ1v) is 10.2. The zero-order valence-electron chi connectivity index (χ0n) is 18.2. The Morgan fingerprint density at radius 2 is 1.84 bits per heavy atom. The first-order valence-electron chi connectivity index (χ1n) is 10.2. The minimum absolute atomic E-state index is 0.142. The Labute approximate surface area is 186 Å². The van der Waals surface area contributed by atoms with E-state index in [-0.39, 0.29) is 5.91 Å². The van der Waals surface area contributed by atoms with Gasteiger partial charge in [0.2, 0.25) is 5.88 Å². The lowest BCUT2D eigenvalue weighted by molar-refractivity contribution is 0.0950. The fourth-order valence-corrected chi connectivity index (χ4v) is 3.47. The van der Waals surface area contributed by atoms with Gasteiger partial charge >= 0.3 is 0 Å². The second-order valence-electron chi connectivity index (χ2n) is 7.28. The fraction of sp³-hybridized carbons (Fsp3) is 0.160. The quantitative estimate of drug-likeness (QED) is 0.465. The number of nitrogens with one attached hydrogen (secondary N) is 1. The molecule has 4 rings (SSSR count). The van der Waals surface area contributed by atoms with Crippen molar-refractivity contribution in [3.8, 4) is 23.2 Å². The molecule has 0 aliphatic heterocycles. The molecule has 0 radical (unpaired) electrons. The van der Waals surface area contributed by atoms with Gasteiger partial charge in [0, 0.05) is 42.5 Å². The maximum Gasteiger partial charge on any atom is 0.253 e. The Kier molecular flexibility index (Phi) is 6.17. The van der Waals surface area contributed by atoms with Crippen molar-refractivity contribution >= 4 is 5.91 Å². The Morgan fingerprint density at radius 3 is 2.56 bits per heavy atom. The van der Waals surface area contributed by atoms with Gasteiger partial charge in [0.15, 0.2) is 0 Å². The zero-order chi connectivity index (χ0) is 22.5. The van der Waals surface area contributed by atoms with Crippen molar-refractivity contribution in [3.05, 3.63) is 95.6 Å². The van der Waals surface area contributed by atoms with Gasteiger partial charge in [-0.1, -0.05) is 18.2 Å². The van der Waals surface area contributed by atoms with Crippen LogP contribution in [0.2, 0.25) is 0 Å². The summed E-state index contributed by atoms with van der Waals surface area (Å²) in [6.45, 7) is 4.24. The first-order chi connectivity index (χ1) is 15.5. The highest BCUT2D eigenvalue weighted by molar-refractivity contribution is 5.95. The number of hydrogen-bond donors (Lipinski definition) is 1. The SMILES string of the molecule is COc1cccc(Oc2ccc(CNC(=O)c3cc(C)n(-c4ccccn4)c3C)cn2)c1. The molecular weight excluding hydrogens is 404 g/mol. The van der Waals surface area contributed by atoms with E-state index in [9.17, 15) is 4.79 Å². The van der Waals surface area contributed by atoms with Gasteiger partial charge in [-0.3, -0.25) is 4.79 Å². The van der Waals surface area contributed by atoms with Crippen molar-refractivity contribution < 1.29 is 14.3 Å². The number of ether oxygens (including phenoxy) is 2. The van der Waals surface area contributed by atoms with Crippen LogP contribution in [0.3, 0.4) is 0 Å². The predicted molar refractivity (Wildman–Crippen MR) is 122 cm³/mol. The third-order valence-electron chi connectivity index (χ3n) is 5.07. The minimum atomic E-state index is -0.142. The third kappa shape index (κ3) is 4.62. The molecule has 7 heteroatoms. The monoisotopic (exact) mass is 428 g/mol. The number of benzene rings is 1. The van der Waals surface area contributed by atoms with Crippen molar-refractivity contribution in [2.24, 2.45) is 0 Å². The Morgan fingerprint density at radius 1 is 1.00 bits per heavy atom. The molecule has 0 atom stereocenters. The van der Waals surface area contributed by atoms with Gasteiger partial charge in [-0.15, -0.1) is 0 Å². The Hall–Kier alpha value is -4.13. The van der Waals surface area contributed by atoms with E-state index < -0.39 is 0 Å². The molecule has 1 N–H and O–H groups in total. The minimum Gasteiger partial charge on any atom is -0.497 e. The molecule has 0 aliphatic rings. The van der Waals surface area contributed by atoms with Gasteiger partial charge in [0.05, 0.1) is 12.7 Å². The van der Waals surface area contributed by atoms with E-state index in [1.165, 1.54) is 0 Å². The van der Waals surface area contributed by atoms with Crippen LogP contribution in [0, 0.1) is 13.8 Å². The summed E-state index contributed by atoms with van der Waals surface area (Å²) in [5.74, 6) is 2.46. The standard InChI is InChI=1S/C25H24N4O3/c1-17-13-22(18(2)29(17)23-9-4-5-12-26-23)25(30)28-16-19-10-11-24(27-15-19)32-21-8-6-7-20(14-21)31-3/h4-15H,16H2,1-3H3,(H,28,30). The van der Waals surface area contributed by atoms with Gasteiger partial charge < -0.3 is 19.4 Å². The van der Waals surface area contributed by atoms with Crippen LogP contribution in [-0.2, 0) is 6.54 Å². The third-order valence-corrected chi connectivity index (χ3v) is 5.07. The van der Waals surface area contributed by atoms with Gasteiger partial charge in [0.25, 0.3) is 5.91 Å². The molecule has 0 saturated carbocycles. The molecule has 0 unspecified atom stereocenters. The zero-order valence-corrected chi connectivity index (χ0v) is 18.2. The molecule has 4 aromatic rings. The van der Waals surface area contributed by atoms with Gasteiger partial charge in [0.1, 0.15) is 17.3 Å². The first kappa shape index (κ1) is 21.1. The molecule has 0 spiro atoms. The molecule has 7 nitrogen and oxygen atoms in total. The second-order valence-corrected chi connectivity index (χ2v) is 7.28. The largest absolute Gasteiger partial charge is 0.497 e. The van der Waals surface area contributed by atoms with E-state index in [1.807, 2.05) is 66.9 Å². The van der Waals surface area contributed by atoms with E-state index in [0.717, 1.165) is 22.8 Å². The lowest BCUT2D eigenvalue weighted by atomic mass is 10.2. The molecule has 162 valence electrons. The van der Waals surface area contributed by atoms with Gasteiger partial charge in [-0.25, -0.2) is 9.97 Å². The predicted octanol–water partition coefficient (Wildman–Crippen LogP) is 4.62. The molecule has 3 aromatic heterocycles. The molecule has 3 heterocycles. The van der Waals surface area contributed by atoms with Crippen LogP contribution in [0.1, 0.15) is 27.3 Å². The number of carbonyl (C=O) groups excluding carboxylic acids is 1. The number of pyridine rings is 2. The summed E-state index contributed by atoms with van der Waals surface area (Å²) in [4.78, 5) is 21.5. The van der Waals surface area contributed by atoms with Crippen LogP contribution in [0.5, 0.6) is 17.4 Å². The van der Waals surface area contributed by atoms with Crippen LogP contribution >= 0.6 is 0 Å². The number of methoxy groups -OCH3 is 1. The molecule has 0 bridgehead atoms. The molecule has 32 heavy (non-hydrogen) atoms. The highest BCUT2D eigenvalue weighted by atomic mass is 16.5. The summed E-state index contributed by atoms with van der Waals surface area (Å²) in [6.07, 6.45) is 3.43. The molecule has 0 saturated heterocycles. The van der Waals surface area contributed by atoms with Crippen LogP contribution in [-0.4, -0.2) is 27.6 Å². The molecule has 0 aliphatic carbocycles. The van der Waals surface area contributed by atoms with E-state index in [4.69, 9.17) is 9.47 Å². The lowest BCUT2D eigenvalue weighted by Crippen LogP contribution is -2.23. The summed E-state index contributed by atoms with van der Waals surface area (Å²) >= 11 is 0. The average molecular weight is 428 g/mol. The number of aromatic nitrogens is 3. The molecule has 0 fully saturated rings. The second kappa shape index (κ2) is 9.34. The van der Waals surface area contributed by atoms with E-state index in [2.05, 4.69) is 15.3 Å². The fourth-order valence-electron chi connectivity index (χ4n) is 3.47. The van der Waals surface area contributed by atoms with Crippen molar-refractivity contribution in [2.45, 2.75) is 20.4 Å². The van der Waals surface area contributed by atoms with Crippen LogP contribution < -0.4 is 14.8 Å². The summed E-state index contributed by atoms with van der Waals surface area (Å²) in [7, 11) is 1.61. The molecule has 1 aromatic carbocycles. The van der Waals surface area contributed by atoms with Gasteiger partial charge in [-0.05, 0) is 49.7 Å². The average Bonchev–Trinajstić information content (AvgIpc) is 3.13. The van der Waals surface area contributed by atoms with E-state index in [0.29, 0.717) is 29.5 Å². The highest BCUT2D eigenvalue weighted by Crippen LogP contribution is 2.24. The number of aryl methyl sites for hydroxylation is 1. The summed E-state index contributed by atoms with van der Waals surface area (Å²) < 4.78 is 12.9. The van der Waals surface area contributed by atoms with Gasteiger partial charge in [-0.2, -0.15) is 0 Å². The Balaban J connectivity index is 1.40. The van der Waals surface area contributed by atoms with Crippen molar-refractivity contribution in [3.63, 3.8) is 0 Å². The van der Waals surface area contributed by atoms with Crippen molar-refractivity contribution in [2.75, 3.05) is 7.11 Å². The maximum atomic E-state index is 12.8. The number of nitrogens with zero attached hydrogens (tertiary/aromatic N) is 3. The summed E-state index contributed by atoms with van der Waals surface area (Å²) in [5.41, 5.74) is 3.29. The lowest BCUT2D eigenvalue weighted by Gasteiger charge is -2.09. The number of amides is 1. The van der Waals surface area contributed by atoms with Crippen LogP contribution in [0.15, 0.2) is 73.1 Å². The maximum absolute atomic E-state index is 12.8. The molecule has 1 amide bonds. The van der Waals surface area contributed by atoms with Crippen molar-refractivity contribution in [1.82, 2.24) is 19.9 Å². The smallest absolute Gasteiger partial charge is 0.253 e. The van der Waals surface area contributed by atoms with E-state index >= 15 is 0 Å². The topological polar surface area (TPSA) is 78.3 Å². The van der Waals surface area contributed by atoms with Crippen molar-refractivity contribution in [1.29, 1.82) is 0 Å². The normalized spacial score (nSPS) is 10.6. The van der Waals surface area contributed by atoms with Crippen LogP contribution in [0.4, 0.5) is 0 Å². The van der Waals surface area contributed by atoms with Crippen LogP contribution in [0.25, 0.3) is 5.82 Å². The summed E-state index contributed by atoms with van der Waals surface area (Å²) in [5, 5.41) is 2.96. The highest BCUT2D eigenvalue weighted by Gasteiger charge is 2.17.